The van der Waals surface area contributed by atoms with Crippen LogP contribution >= 0.6 is 0 Å². The minimum Gasteiger partial charge on any atom is -0.439 e. The number of benzene rings is 1. The van der Waals surface area contributed by atoms with E-state index in [1.165, 1.54) is 24.3 Å². The van der Waals surface area contributed by atoms with Crippen LogP contribution in [0.1, 0.15) is 11.3 Å². The van der Waals surface area contributed by atoms with E-state index >= 15 is 0 Å². The molecule has 0 amide bonds. The number of aromatic nitrogens is 1. The third-order valence-electron chi connectivity index (χ3n) is 2.05. The Morgan fingerprint density at radius 1 is 1.24 bits per heavy atom. The lowest BCUT2D eigenvalue weighted by Gasteiger charge is -2.05. The Morgan fingerprint density at radius 2 is 1.94 bits per heavy atom. The number of hydrogen-bond acceptors (Lipinski definition) is 2. The van der Waals surface area contributed by atoms with Crippen LogP contribution in [0.15, 0.2) is 36.4 Å². The van der Waals surface area contributed by atoms with E-state index in [9.17, 15) is 4.39 Å². The zero-order valence-electron chi connectivity index (χ0n) is 8.98. The van der Waals surface area contributed by atoms with E-state index in [1.54, 1.807) is 12.1 Å². The molecule has 17 heavy (non-hydrogen) atoms. The zero-order chi connectivity index (χ0) is 12.3. The maximum Gasteiger partial charge on any atom is 0.220 e. The first-order valence-electron chi connectivity index (χ1n) is 4.91. The fraction of sp³-hybridized carbons (Fsp3) is 0. The second-order valence-corrected chi connectivity index (χ2v) is 3.40. The van der Waals surface area contributed by atoms with Crippen molar-refractivity contribution < 1.29 is 9.13 Å². The average Bonchev–Trinajstić information content (AvgIpc) is 2.31. The van der Waals surface area contributed by atoms with Crippen molar-refractivity contribution in [3.8, 4) is 24.0 Å². The molecule has 3 heteroatoms. The molecular formula is C14H9FNO. The maximum atomic E-state index is 12.7. The Balaban J connectivity index is 2.27. The van der Waals surface area contributed by atoms with Gasteiger partial charge < -0.3 is 4.74 Å². The second-order valence-electron chi connectivity index (χ2n) is 3.40. The van der Waals surface area contributed by atoms with E-state index in [0.717, 1.165) is 0 Å². The summed E-state index contributed by atoms with van der Waals surface area (Å²) in [7, 11) is 0. The van der Waals surface area contributed by atoms with Gasteiger partial charge in [-0.25, -0.2) is 9.37 Å². The SMILES string of the molecule is C#Cc1cc([CH2])cc(Oc2ccc(F)cc2)n1. The van der Waals surface area contributed by atoms with Gasteiger partial charge in [0.2, 0.25) is 5.88 Å². The Labute approximate surface area is 99.1 Å². The second kappa shape index (κ2) is 4.67. The zero-order valence-corrected chi connectivity index (χ0v) is 8.98. The topological polar surface area (TPSA) is 22.1 Å². The number of hydrogen-bond donors (Lipinski definition) is 0. The van der Waals surface area contributed by atoms with Crippen LogP contribution in [0.5, 0.6) is 11.6 Å². The van der Waals surface area contributed by atoms with Crippen molar-refractivity contribution in [2.45, 2.75) is 0 Å². The fourth-order valence-electron chi connectivity index (χ4n) is 1.31. The summed E-state index contributed by atoms with van der Waals surface area (Å²) in [5.41, 5.74) is 1.17. The molecule has 0 unspecified atom stereocenters. The van der Waals surface area contributed by atoms with Gasteiger partial charge >= 0.3 is 0 Å². The fourth-order valence-corrected chi connectivity index (χ4v) is 1.31. The molecule has 0 aliphatic rings. The van der Waals surface area contributed by atoms with Crippen molar-refractivity contribution in [2.75, 3.05) is 0 Å². The van der Waals surface area contributed by atoms with Crippen molar-refractivity contribution in [3.63, 3.8) is 0 Å². The van der Waals surface area contributed by atoms with E-state index in [-0.39, 0.29) is 5.82 Å². The van der Waals surface area contributed by atoms with Crippen LogP contribution in [-0.2, 0) is 0 Å². The third kappa shape index (κ3) is 2.82. The maximum absolute atomic E-state index is 12.7. The molecule has 0 saturated heterocycles. The molecule has 2 aromatic rings. The molecule has 0 N–H and O–H groups in total. The molecule has 0 aliphatic carbocycles. The quantitative estimate of drug-likeness (QED) is 0.734. The van der Waals surface area contributed by atoms with E-state index < -0.39 is 0 Å². The third-order valence-corrected chi connectivity index (χ3v) is 2.05. The van der Waals surface area contributed by atoms with E-state index in [4.69, 9.17) is 11.2 Å². The highest BCUT2D eigenvalue weighted by Crippen LogP contribution is 2.20. The van der Waals surface area contributed by atoms with Crippen LogP contribution in [0.3, 0.4) is 0 Å². The molecule has 0 bridgehead atoms. The molecular weight excluding hydrogens is 217 g/mol. The summed E-state index contributed by atoms with van der Waals surface area (Å²) in [5.74, 6) is 2.93. The average molecular weight is 226 g/mol. The van der Waals surface area contributed by atoms with Gasteiger partial charge in [0, 0.05) is 6.07 Å². The van der Waals surface area contributed by atoms with Gasteiger partial charge in [0.15, 0.2) is 0 Å². The molecule has 0 spiro atoms. The van der Waals surface area contributed by atoms with Gasteiger partial charge in [-0.05, 0) is 42.8 Å². The molecule has 0 aliphatic heterocycles. The number of rotatable bonds is 2. The first kappa shape index (κ1) is 11.2. The van der Waals surface area contributed by atoms with Crippen LogP contribution < -0.4 is 4.74 Å². The largest absolute Gasteiger partial charge is 0.439 e. The molecule has 2 nitrogen and oxygen atoms in total. The highest BCUT2D eigenvalue weighted by atomic mass is 19.1. The molecule has 2 rings (SSSR count). The molecule has 0 saturated carbocycles. The number of nitrogens with zero attached hydrogens (tertiary/aromatic N) is 1. The Hall–Kier alpha value is -2.34. The summed E-state index contributed by atoms with van der Waals surface area (Å²) in [4.78, 5) is 4.08. The summed E-state index contributed by atoms with van der Waals surface area (Å²) in [5, 5.41) is 0. The lowest BCUT2D eigenvalue weighted by atomic mass is 10.2. The van der Waals surface area contributed by atoms with Crippen molar-refractivity contribution in [1.29, 1.82) is 0 Å². The van der Waals surface area contributed by atoms with Crippen LogP contribution in [-0.4, -0.2) is 4.98 Å². The summed E-state index contributed by atoms with van der Waals surface area (Å²) >= 11 is 0. The highest BCUT2D eigenvalue weighted by molar-refractivity contribution is 5.36. The van der Waals surface area contributed by atoms with E-state index in [1.807, 2.05) is 0 Å². The smallest absolute Gasteiger partial charge is 0.220 e. The minimum absolute atomic E-state index is 0.319. The van der Waals surface area contributed by atoms with Crippen LogP contribution in [0.4, 0.5) is 4.39 Å². The molecule has 1 aromatic carbocycles. The van der Waals surface area contributed by atoms with Crippen molar-refractivity contribution in [1.82, 2.24) is 4.98 Å². The van der Waals surface area contributed by atoms with Gasteiger partial charge in [-0.2, -0.15) is 0 Å². The normalized spacial score (nSPS) is 9.71. The van der Waals surface area contributed by atoms with Crippen molar-refractivity contribution in [3.05, 3.63) is 60.4 Å². The van der Waals surface area contributed by atoms with Gasteiger partial charge in [-0.3, -0.25) is 0 Å². The van der Waals surface area contributed by atoms with E-state index in [2.05, 4.69) is 17.8 Å². The lowest BCUT2D eigenvalue weighted by Crippen LogP contribution is -1.92. The summed E-state index contributed by atoms with van der Waals surface area (Å²) in [6.07, 6.45) is 5.26. The van der Waals surface area contributed by atoms with Crippen LogP contribution in [0, 0.1) is 25.1 Å². The number of halogens is 1. The van der Waals surface area contributed by atoms with Crippen molar-refractivity contribution >= 4 is 0 Å². The Morgan fingerprint density at radius 3 is 2.59 bits per heavy atom. The highest BCUT2D eigenvalue weighted by Gasteiger charge is 2.02. The minimum atomic E-state index is -0.319. The summed E-state index contributed by atoms with van der Waals surface area (Å²) in [6, 6.07) is 8.99. The molecule has 1 radical (unpaired) electrons. The number of ether oxygens (including phenoxy) is 1. The first-order chi connectivity index (χ1) is 8.17. The lowest BCUT2D eigenvalue weighted by molar-refractivity contribution is 0.460. The molecule has 83 valence electrons. The van der Waals surface area contributed by atoms with Crippen LogP contribution in [0.25, 0.3) is 0 Å². The molecule has 1 heterocycles. The van der Waals surface area contributed by atoms with Crippen LogP contribution in [0.2, 0.25) is 0 Å². The molecule has 1 aromatic heterocycles. The van der Waals surface area contributed by atoms with Gasteiger partial charge in [0.05, 0.1) is 0 Å². The first-order valence-corrected chi connectivity index (χ1v) is 4.91. The van der Waals surface area contributed by atoms with E-state index in [0.29, 0.717) is 22.9 Å². The van der Waals surface area contributed by atoms with Gasteiger partial charge in [0.25, 0.3) is 0 Å². The monoisotopic (exact) mass is 226 g/mol. The number of pyridine rings is 1. The Bertz CT molecular complexity index is 570. The molecule has 0 fully saturated rings. The summed E-state index contributed by atoms with van der Waals surface area (Å²) < 4.78 is 18.1. The van der Waals surface area contributed by atoms with Crippen molar-refractivity contribution in [2.24, 2.45) is 0 Å². The van der Waals surface area contributed by atoms with Gasteiger partial charge in [-0.1, -0.05) is 5.92 Å². The van der Waals surface area contributed by atoms with Gasteiger partial charge in [0.1, 0.15) is 17.3 Å². The standard InChI is InChI=1S/C14H9FNO/c1-3-12-8-10(2)9-14(16-12)17-13-6-4-11(15)5-7-13/h1,4-9H,2H2. The summed E-state index contributed by atoms with van der Waals surface area (Å²) in [6.45, 7) is 3.77. The predicted octanol–water partition coefficient (Wildman–Crippen LogP) is 3.18. The molecule has 0 atom stereocenters. The Kier molecular flexibility index (Phi) is 3.06. The van der Waals surface area contributed by atoms with Gasteiger partial charge in [-0.15, -0.1) is 6.42 Å². The predicted molar refractivity (Wildman–Crippen MR) is 63.1 cm³/mol. The number of terminal acetylenes is 1.